The third-order valence-electron chi connectivity index (χ3n) is 3.69. The Morgan fingerprint density at radius 3 is 2.53 bits per heavy atom. The SMILES string of the molecule is CC(C)C1CCCCC1NCCCS(N)(=O)=O. The Hall–Kier alpha value is -0.130. The van der Waals surface area contributed by atoms with Crippen LogP contribution in [0.5, 0.6) is 0 Å². The molecule has 0 saturated heterocycles. The summed E-state index contributed by atoms with van der Waals surface area (Å²) in [6.45, 7) is 5.30. The van der Waals surface area contributed by atoms with E-state index in [9.17, 15) is 8.42 Å². The highest BCUT2D eigenvalue weighted by Gasteiger charge is 2.26. The number of sulfonamides is 1. The Kier molecular flexibility index (Phi) is 5.89. The maximum atomic E-state index is 10.8. The summed E-state index contributed by atoms with van der Waals surface area (Å²) < 4.78 is 21.6. The second-order valence-electron chi connectivity index (χ2n) is 5.47. The molecular formula is C12H26N2O2S. The number of nitrogens with one attached hydrogen (secondary N) is 1. The fraction of sp³-hybridized carbons (Fsp3) is 1.00. The maximum absolute atomic E-state index is 10.8. The number of nitrogens with two attached hydrogens (primary N) is 1. The summed E-state index contributed by atoms with van der Waals surface area (Å²) in [6.07, 6.45) is 5.75. The standard InChI is InChI=1S/C12H26N2O2S/c1-10(2)11-6-3-4-7-12(11)14-8-5-9-17(13,15)16/h10-12,14H,3-9H2,1-2H3,(H2,13,15,16). The summed E-state index contributed by atoms with van der Waals surface area (Å²) in [5.74, 6) is 1.52. The van der Waals surface area contributed by atoms with Gasteiger partial charge in [-0.05, 0) is 37.6 Å². The average Bonchev–Trinajstić information content (AvgIpc) is 2.23. The van der Waals surface area contributed by atoms with Gasteiger partial charge in [-0.25, -0.2) is 13.6 Å². The van der Waals surface area contributed by atoms with Gasteiger partial charge in [0.05, 0.1) is 5.75 Å². The average molecular weight is 262 g/mol. The Labute approximate surface area is 105 Å². The molecule has 3 N–H and O–H groups in total. The maximum Gasteiger partial charge on any atom is 0.209 e. The topological polar surface area (TPSA) is 72.2 Å². The minimum atomic E-state index is -3.30. The van der Waals surface area contributed by atoms with Gasteiger partial charge in [0.1, 0.15) is 0 Å². The molecule has 0 bridgehead atoms. The summed E-state index contributed by atoms with van der Waals surface area (Å²) in [6, 6.07) is 0.559. The first kappa shape index (κ1) is 14.9. The van der Waals surface area contributed by atoms with Crippen LogP contribution in [0.2, 0.25) is 0 Å². The van der Waals surface area contributed by atoms with E-state index in [0.29, 0.717) is 18.4 Å². The van der Waals surface area contributed by atoms with Crippen LogP contribution in [0.25, 0.3) is 0 Å². The zero-order chi connectivity index (χ0) is 12.9. The summed E-state index contributed by atoms with van der Waals surface area (Å²) in [7, 11) is -3.30. The zero-order valence-electron chi connectivity index (χ0n) is 11.0. The monoisotopic (exact) mass is 262 g/mol. The van der Waals surface area contributed by atoms with Gasteiger partial charge in [0.2, 0.25) is 10.0 Å². The first-order valence-electron chi connectivity index (χ1n) is 6.64. The van der Waals surface area contributed by atoms with Crippen molar-refractivity contribution in [1.82, 2.24) is 5.32 Å². The summed E-state index contributed by atoms with van der Waals surface area (Å²) >= 11 is 0. The highest BCUT2D eigenvalue weighted by molar-refractivity contribution is 7.89. The first-order valence-corrected chi connectivity index (χ1v) is 8.35. The van der Waals surface area contributed by atoms with E-state index in [-0.39, 0.29) is 5.75 Å². The van der Waals surface area contributed by atoms with E-state index in [1.54, 1.807) is 0 Å². The lowest BCUT2D eigenvalue weighted by atomic mass is 9.78. The van der Waals surface area contributed by atoms with E-state index in [4.69, 9.17) is 5.14 Å². The van der Waals surface area contributed by atoms with Crippen LogP contribution in [-0.4, -0.2) is 26.8 Å². The Balaban J connectivity index is 2.29. The van der Waals surface area contributed by atoms with Gasteiger partial charge in [0, 0.05) is 6.04 Å². The van der Waals surface area contributed by atoms with Crippen molar-refractivity contribution in [1.29, 1.82) is 0 Å². The van der Waals surface area contributed by atoms with Crippen molar-refractivity contribution in [3.8, 4) is 0 Å². The molecule has 0 aromatic heterocycles. The van der Waals surface area contributed by atoms with Gasteiger partial charge in [-0.2, -0.15) is 0 Å². The zero-order valence-corrected chi connectivity index (χ0v) is 11.8. The van der Waals surface area contributed by atoms with E-state index in [1.165, 1.54) is 25.7 Å². The van der Waals surface area contributed by atoms with Gasteiger partial charge in [0.25, 0.3) is 0 Å². The molecule has 0 aromatic carbocycles. The Bertz CT molecular complexity index is 314. The van der Waals surface area contributed by atoms with Crippen LogP contribution in [0, 0.1) is 11.8 Å². The number of rotatable bonds is 6. The molecule has 1 fully saturated rings. The normalized spacial score (nSPS) is 26.4. The van der Waals surface area contributed by atoms with E-state index in [0.717, 1.165) is 12.5 Å². The second kappa shape index (κ2) is 6.71. The Morgan fingerprint density at radius 2 is 1.94 bits per heavy atom. The molecule has 0 aliphatic heterocycles. The molecule has 5 heteroatoms. The largest absolute Gasteiger partial charge is 0.314 e. The molecule has 0 heterocycles. The van der Waals surface area contributed by atoms with Crippen molar-refractivity contribution < 1.29 is 8.42 Å². The van der Waals surface area contributed by atoms with Crippen LogP contribution in [0.3, 0.4) is 0 Å². The molecule has 0 radical (unpaired) electrons. The van der Waals surface area contributed by atoms with Crippen molar-refractivity contribution in [3.05, 3.63) is 0 Å². The molecule has 0 amide bonds. The lowest BCUT2D eigenvalue weighted by Crippen LogP contribution is -2.41. The summed E-state index contributed by atoms with van der Waals surface area (Å²) in [5, 5.41) is 8.48. The third-order valence-corrected chi connectivity index (χ3v) is 4.55. The molecule has 1 saturated carbocycles. The molecule has 2 unspecified atom stereocenters. The van der Waals surface area contributed by atoms with Crippen molar-refractivity contribution >= 4 is 10.0 Å². The van der Waals surface area contributed by atoms with Crippen molar-refractivity contribution in [2.75, 3.05) is 12.3 Å². The molecule has 17 heavy (non-hydrogen) atoms. The van der Waals surface area contributed by atoms with Crippen LogP contribution in [0.15, 0.2) is 0 Å². The molecule has 102 valence electrons. The van der Waals surface area contributed by atoms with E-state index >= 15 is 0 Å². The van der Waals surface area contributed by atoms with Gasteiger partial charge < -0.3 is 5.32 Å². The van der Waals surface area contributed by atoms with Crippen LogP contribution < -0.4 is 10.5 Å². The molecule has 0 spiro atoms. The fourth-order valence-corrected chi connectivity index (χ4v) is 3.32. The molecule has 4 nitrogen and oxygen atoms in total. The first-order chi connectivity index (χ1) is 7.90. The van der Waals surface area contributed by atoms with Gasteiger partial charge in [-0.15, -0.1) is 0 Å². The van der Waals surface area contributed by atoms with Crippen LogP contribution in [0.4, 0.5) is 0 Å². The van der Waals surface area contributed by atoms with Crippen LogP contribution >= 0.6 is 0 Å². The lowest BCUT2D eigenvalue weighted by Gasteiger charge is -2.35. The highest BCUT2D eigenvalue weighted by atomic mass is 32.2. The minimum Gasteiger partial charge on any atom is -0.314 e. The molecule has 2 atom stereocenters. The molecule has 0 aromatic rings. The summed E-state index contributed by atoms with van der Waals surface area (Å²) in [5.41, 5.74) is 0. The van der Waals surface area contributed by atoms with Gasteiger partial charge in [-0.3, -0.25) is 0 Å². The lowest BCUT2D eigenvalue weighted by molar-refractivity contribution is 0.206. The predicted octanol–water partition coefficient (Wildman–Crippen LogP) is 1.47. The molecule has 1 aliphatic rings. The summed E-state index contributed by atoms with van der Waals surface area (Å²) in [4.78, 5) is 0. The van der Waals surface area contributed by atoms with Gasteiger partial charge in [0.15, 0.2) is 0 Å². The van der Waals surface area contributed by atoms with Gasteiger partial charge in [-0.1, -0.05) is 26.7 Å². The smallest absolute Gasteiger partial charge is 0.209 e. The number of hydrogen-bond acceptors (Lipinski definition) is 3. The highest BCUT2D eigenvalue weighted by Crippen LogP contribution is 2.30. The molecular weight excluding hydrogens is 236 g/mol. The predicted molar refractivity (Wildman–Crippen MR) is 71.2 cm³/mol. The second-order valence-corrected chi connectivity index (χ2v) is 7.21. The van der Waals surface area contributed by atoms with Crippen molar-refractivity contribution in [3.63, 3.8) is 0 Å². The number of primary sulfonamides is 1. The van der Waals surface area contributed by atoms with E-state index < -0.39 is 10.0 Å². The molecule has 1 rings (SSSR count). The quantitative estimate of drug-likeness (QED) is 0.712. The van der Waals surface area contributed by atoms with E-state index in [1.807, 2.05) is 0 Å². The van der Waals surface area contributed by atoms with E-state index in [2.05, 4.69) is 19.2 Å². The molecule has 1 aliphatic carbocycles. The van der Waals surface area contributed by atoms with Gasteiger partial charge >= 0.3 is 0 Å². The number of hydrogen-bond donors (Lipinski definition) is 2. The van der Waals surface area contributed by atoms with Crippen molar-refractivity contribution in [2.45, 2.75) is 52.0 Å². The Morgan fingerprint density at radius 1 is 1.29 bits per heavy atom. The van der Waals surface area contributed by atoms with Crippen molar-refractivity contribution in [2.24, 2.45) is 17.0 Å². The third kappa shape index (κ3) is 5.84. The van der Waals surface area contributed by atoms with Crippen LogP contribution in [0.1, 0.15) is 46.0 Å². The minimum absolute atomic E-state index is 0.0824. The fourth-order valence-electron chi connectivity index (χ4n) is 2.77. The van der Waals surface area contributed by atoms with Crippen LogP contribution in [-0.2, 0) is 10.0 Å².